The molecule has 0 aromatic heterocycles. The minimum Gasteiger partial charge on any atom is -0.458 e. The van der Waals surface area contributed by atoms with Crippen molar-refractivity contribution < 1.29 is 23.8 Å². The van der Waals surface area contributed by atoms with Crippen LogP contribution in [0.1, 0.15) is 52.0 Å². The fraction of sp³-hybridized carbons (Fsp3) is 0.619. The maximum atomic E-state index is 12.5. The molecule has 1 aliphatic heterocycles. The fourth-order valence-electron chi connectivity index (χ4n) is 3.09. The number of esters is 1. The summed E-state index contributed by atoms with van der Waals surface area (Å²) in [5, 5.41) is 0. The third kappa shape index (κ3) is 7.99. The number of rotatable bonds is 7. The standard InChI is InChI=1S/C21H31NO5/c1-21(2,3)27-19(23)16-25-14-12-18-11-7-8-13-22(18)20(24)26-15-17-9-5-4-6-10-17/h4-6,9-10,18H,7-8,11-16H2,1-3H3. The summed E-state index contributed by atoms with van der Waals surface area (Å²) in [5.41, 5.74) is 0.462. The Morgan fingerprint density at radius 1 is 1.15 bits per heavy atom. The molecular weight excluding hydrogens is 346 g/mol. The first-order chi connectivity index (χ1) is 12.8. The smallest absolute Gasteiger partial charge is 0.410 e. The SMILES string of the molecule is CC(C)(C)OC(=O)COCCC1CCCCN1C(=O)OCc1ccccc1. The molecule has 0 bridgehead atoms. The number of carbonyl (C=O) groups is 2. The van der Waals surface area contributed by atoms with E-state index in [0.29, 0.717) is 19.6 Å². The molecule has 2 rings (SSSR count). The highest BCUT2D eigenvalue weighted by Crippen LogP contribution is 2.21. The molecule has 27 heavy (non-hydrogen) atoms. The molecule has 1 heterocycles. The lowest BCUT2D eigenvalue weighted by molar-refractivity contribution is -0.160. The van der Waals surface area contributed by atoms with Gasteiger partial charge in [0.1, 0.15) is 18.8 Å². The highest BCUT2D eigenvalue weighted by molar-refractivity contribution is 5.71. The van der Waals surface area contributed by atoms with E-state index in [1.165, 1.54) is 0 Å². The summed E-state index contributed by atoms with van der Waals surface area (Å²) < 4.78 is 16.1. The summed E-state index contributed by atoms with van der Waals surface area (Å²) in [6, 6.07) is 9.74. The topological polar surface area (TPSA) is 65.1 Å². The second-order valence-electron chi connectivity index (χ2n) is 7.81. The number of nitrogens with zero attached hydrogens (tertiary/aromatic N) is 1. The lowest BCUT2D eigenvalue weighted by Gasteiger charge is -2.35. The normalized spacial score (nSPS) is 17.4. The molecule has 0 saturated carbocycles. The van der Waals surface area contributed by atoms with Crippen molar-refractivity contribution in [3.05, 3.63) is 35.9 Å². The maximum Gasteiger partial charge on any atom is 0.410 e. The van der Waals surface area contributed by atoms with Crippen LogP contribution in [0, 0.1) is 0 Å². The van der Waals surface area contributed by atoms with Crippen LogP contribution in [-0.2, 0) is 25.6 Å². The molecule has 1 aromatic rings. The van der Waals surface area contributed by atoms with Crippen molar-refractivity contribution in [2.24, 2.45) is 0 Å². The van der Waals surface area contributed by atoms with E-state index < -0.39 is 5.60 Å². The molecule has 1 aromatic carbocycles. The van der Waals surface area contributed by atoms with E-state index >= 15 is 0 Å². The average Bonchev–Trinajstić information content (AvgIpc) is 2.63. The number of likely N-dealkylation sites (tertiary alicyclic amines) is 1. The summed E-state index contributed by atoms with van der Waals surface area (Å²) >= 11 is 0. The zero-order chi connectivity index (χ0) is 19.7. The van der Waals surface area contributed by atoms with Crippen molar-refractivity contribution in [1.29, 1.82) is 0 Å². The van der Waals surface area contributed by atoms with E-state index in [4.69, 9.17) is 14.2 Å². The van der Waals surface area contributed by atoms with Crippen LogP contribution in [0.25, 0.3) is 0 Å². The largest absolute Gasteiger partial charge is 0.458 e. The Morgan fingerprint density at radius 2 is 1.89 bits per heavy atom. The molecular formula is C21H31NO5. The van der Waals surface area contributed by atoms with Gasteiger partial charge in [0, 0.05) is 19.2 Å². The van der Waals surface area contributed by atoms with Gasteiger partial charge in [-0.25, -0.2) is 9.59 Å². The van der Waals surface area contributed by atoms with Crippen molar-refractivity contribution in [3.8, 4) is 0 Å². The van der Waals surface area contributed by atoms with Gasteiger partial charge in [-0.1, -0.05) is 30.3 Å². The van der Waals surface area contributed by atoms with Gasteiger partial charge in [-0.3, -0.25) is 0 Å². The van der Waals surface area contributed by atoms with Gasteiger partial charge in [0.05, 0.1) is 0 Å². The van der Waals surface area contributed by atoms with E-state index in [0.717, 1.165) is 24.8 Å². The quantitative estimate of drug-likeness (QED) is 0.532. The van der Waals surface area contributed by atoms with Gasteiger partial charge in [-0.05, 0) is 52.0 Å². The van der Waals surface area contributed by atoms with Gasteiger partial charge in [0.15, 0.2) is 0 Å². The summed E-state index contributed by atoms with van der Waals surface area (Å²) in [7, 11) is 0. The zero-order valence-electron chi connectivity index (χ0n) is 16.6. The van der Waals surface area contributed by atoms with E-state index in [1.807, 2.05) is 51.1 Å². The molecule has 1 saturated heterocycles. The average molecular weight is 377 g/mol. The van der Waals surface area contributed by atoms with Crippen molar-refractivity contribution in [1.82, 2.24) is 4.90 Å². The Balaban J connectivity index is 1.73. The van der Waals surface area contributed by atoms with Crippen molar-refractivity contribution in [2.75, 3.05) is 19.8 Å². The first kappa shape index (κ1) is 21.2. The first-order valence-corrected chi connectivity index (χ1v) is 9.62. The van der Waals surface area contributed by atoms with Crippen LogP contribution >= 0.6 is 0 Å². The van der Waals surface area contributed by atoms with Crippen LogP contribution in [0.3, 0.4) is 0 Å². The summed E-state index contributed by atoms with van der Waals surface area (Å²) in [6.45, 7) is 6.79. The highest BCUT2D eigenvalue weighted by atomic mass is 16.6. The molecule has 0 radical (unpaired) electrons. The maximum absolute atomic E-state index is 12.5. The predicted molar refractivity (Wildman–Crippen MR) is 102 cm³/mol. The molecule has 0 aliphatic carbocycles. The number of hydrogen-bond acceptors (Lipinski definition) is 5. The van der Waals surface area contributed by atoms with Crippen molar-refractivity contribution in [3.63, 3.8) is 0 Å². The van der Waals surface area contributed by atoms with Gasteiger partial charge < -0.3 is 19.1 Å². The van der Waals surface area contributed by atoms with E-state index in [-0.39, 0.29) is 31.3 Å². The molecule has 150 valence electrons. The van der Waals surface area contributed by atoms with Gasteiger partial charge >= 0.3 is 12.1 Å². The van der Waals surface area contributed by atoms with Crippen LogP contribution in [0.2, 0.25) is 0 Å². The molecule has 1 atom stereocenters. The summed E-state index contributed by atoms with van der Waals surface area (Å²) in [4.78, 5) is 25.9. The Bertz CT molecular complexity index is 596. The molecule has 0 spiro atoms. The lowest BCUT2D eigenvalue weighted by atomic mass is 10.0. The second-order valence-corrected chi connectivity index (χ2v) is 7.81. The van der Waals surface area contributed by atoms with Crippen molar-refractivity contribution >= 4 is 12.1 Å². The Morgan fingerprint density at radius 3 is 2.59 bits per heavy atom. The summed E-state index contributed by atoms with van der Waals surface area (Å²) in [6.07, 6.45) is 3.39. The third-order valence-electron chi connectivity index (χ3n) is 4.30. The summed E-state index contributed by atoms with van der Waals surface area (Å²) in [5.74, 6) is -0.370. The number of ether oxygens (including phenoxy) is 3. The number of carbonyl (C=O) groups excluding carboxylic acids is 2. The van der Waals surface area contributed by atoms with E-state index in [9.17, 15) is 9.59 Å². The van der Waals surface area contributed by atoms with Crippen LogP contribution in [0.15, 0.2) is 30.3 Å². The molecule has 1 fully saturated rings. The van der Waals surface area contributed by atoms with Gasteiger partial charge in [-0.2, -0.15) is 0 Å². The van der Waals surface area contributed by atoms with Crippen molar-refractivity contribution in [2.45, 2.75) is 64.7 Å². The molecule has 1 amide bonds. The first-order valence-electron chi connectivity index (χ1n) is 9.62. The number of piperidine rings is 1. The van der Waals surface area contributed by atoms with Crippen LogP contribution in [0.5, 0.6) is 0 Å². The van der Waals surface area contributed by atoms with Gasteiger partial charge in [0.25, 0.3) is 0 Å². The van der Waals surface area contributed by atoms with E-state index in [1.54, 1.807) is 4.90 Å². The third-order valence-corrected chi connectivity index (χ3v) is 4.30. The Hall–Kier alpha value is -2.08. The predicted octanol–water partition coefficient (Wildman–Crippen LogP) is 3.93. The second kappa shape index (κ2) is 10.3. The number of amides is 1. The molecule has 6 nitrogen and oxygen atoms in total. The fourth-order valence-corrected chi connectivity index (χ4v) is 3.09. The monoisotopic (exact) mass is 377 g/mol. The minimum absolute atomic E-state index is 0.0670. The van der Waals surface area contributed by atoms with Crippen LogP contribution in [-0.4, -0.2) is 48.4 Å². The Kier molecular flexibility index (Phi) is 8.10. The lowest BCUT2D eigenvalue weighted by Crippen LogP contribution is -2.44. The number of hydrogen-bond donors (Lipinski definition) is 0. The molecule has 1 aliphatic rings. The number of benzene rings is 1. The molecule has 1 unspecified atom stereocenters. The molecule has 0 N–H and O–H groups in total. The Labute approximate surface area is 161 Å². The highest BCUT2D eigenvalue weighted by Gasteiger charge is 2.27. The molecule has 6 heteroatoms. The van der Waals surface area contributed by atoms with Crippen LogP contribution < -0.4 is 0 Å². The van der Waals surface area contributed by atoms with Gasteiger partial charge in [-0.15, -0.1) is 0 Å². The minimum atomic E-state index is -0.511. The van der Waals surface area contributed by atoms with Gasteiger partial charge in [0.2, 0.25) is 0 Å². The zero-order valence-corrected chi connectivity index (χ0v) is 16.6. The van der Waals surface area contributed by atoms with E-state index in [2.05, 4.69) is 0 Å². The van der Waals surface area contributed by atoms with Crippen LogP contribution in [0.4, 0.5) is 4.79 Å².